The van der Waals surface area contributed by atoms with E-state index in [4.69, 9.17) is 0 Å². The van der Waals surface area contributed by atoms with Gasteiger partial charge in [0.1, 0.15) is 11.8 Å². The standard InChI is InChI=1S/C15H16N6O/c1-2-8-21-10-19-20-13(21)9-18-15(22)11-4-3-5-12-14(11)17-7-6-16-12/h3-7,10H,2,8-9H2,1H3,(H,18,22). The third-order valence-corrected chi connectivity index (χ3v) is 3.31. The van der Waals surface area contributed by atoms with E-state index in [2.05, 4.69) is 32.4 Å². The van der Waals surface area contributed by atoms with Gasteiger partial charge in [0, 0.05) is 18.9 Å². The first-order valence-electron chi connectivity index (χ1n) is 7.14. The predicted molar refractivity (Wildman–Crippen MR) is 81.0 cm³/mol. The van der Waals surface area contributed by atoms with E-state index in [1.807, 2.05) is 10.6 Å². The summed E-state index contributed by atoms with van der Waals surface area (Å²) in [4.78, 5) is 20.8. The van der Waals surface area contributed by atoms with E-state index in [-0.39, 0.29) is 5.91 Å². The van der Waals surface area contributed by atoms with Gasteiger partial charge in [0.25, 0.3) is 5.91 Å². The van der Waals surface area contributed by atoms with E-state index in [0.29, 0.717) is 23.1 Å². The quantitative estimate of drug-likeness (QED) is 0.772. The zero-order valence-corrected chi connectivity index (χ0v) is 12.2. The minimum Gasteiger partial charge on any atom is -0.345 e. The van der Waals surface area contributed by atoms with Crippen molar-refractivity contribution in [2.45, 2.75) is 26.4 Å². The largest absolute Gasteiger partial charge is 0.345 e. The molecule has 0 fully saturated rings. The number of carbonyl (C=O) groups excluding carboxylic acids is 1. The average molecular weight is 296 g/mol. The first-order chi connectivity index (χ1) is 10.8. The van der Waals surface area contributed by atoms with Gasteiger partial charge in [-0.05, 0) is 18.6 Å². The molecule has 0 spiro atoms. The van der Waals surface area contributed by atoms with Crippen molar-refractivity contribution in [2.75, 3.05) is 0 Å². The summed E-state index contributed by atoms with van der Waals surface area (Å²) < 4.78 is 1.93. The molecule has 0 aliphatic rings. The number of carbonyl (C=O) groups is 1. The van der Waals surface area contributed by atoms with Gasteiger partial charge in [0.05, 0.1) is 17.6 Å². The first kappa shape index (κ1) is 14.1. The van der Waals surface area contributed by atoms with Gasteiger partial charge in [0.2, 0.25) is 0 Å². The van der Waals surface area contributed by atoms with Crippen LogP contribution in [0.25, 0.3) is 11.0 Å². The van der Waals surface area contributed by atoms with Crippen molar-refractivity contribution in [3.8, 4) is 0 Å². The molecule has 2 heterocycles. The molecular formula is C15H16N6O. The third-order valence-electron chi connectivity index (χ3n) is 3.31. The van der Waals surface area contributed by atoms with Gasteiger partial charge in [-0.2, -0.15) is 0 Å². The van der Waals surface area contributed by atoms with Crippen molar-refractivity contribution in [1.82, 2.24) is 30.0 Å². The molecule has 1 amide bonds. The topological polar surface area (TPSA) is 85.6 Å². The molecule has 0 atom stereocenters. The van der Waals surface area contributed by atoms with Crippen molar-refractivity contribution in [3.63, 3.8) is 0 Å². The lowest BCUT2D eigenvalue weighted by atomic mass is 10.1. The minimum atomic E-state index is -0.197. The Labute approximate surface area is 127 Å². The Balaban J connectivity index is 1.78. The number of aromatic nitrogens is 5. The molecular weight excluding hydrogens is 280 g/mol. The molecule has 0 aliphatic carbocycles. The summed E-state index contributed by atoms with van der Waals surface area (Å²) >= 11 is 0. The van der Waals surface area contributed by atoms with Crippen LogP contribution >= 0.6 is 0 Å². The lowest BCUT2D eigenvalue weighted by Crippen LogP contribution is -2.25. The summed E-state index contributed by atoms with van der Waals surface area (Å²) in [5.41, 5.74) is 1.80. The molecule has 2 aromatic heterocycles. The van der Waals surface area contributed by atoms with Crippen LogP contribution in [-0.2, 0) is 13.1 Å². The Bertz CT molecular complexity index is 792. The minimum absolute atomic E-state index is 0.197. The van der Waals surface area contributed by atoms with Crippen molar-refractivity contribution < 1.29 is 4.79 Å². The van der Waals surface area contributed by atoms with Crippen LogP contribution in [0.4, 0.5) is 0 Å². The molecule has 0 bridgehead atoms. The molecule has 0 radical (unpaired) electrons. The Morgan fingerprint density at radius 1 is 1.27 bits per heavy atom. The molecule has 7 heteroatoms. The first-order valence-corrected chi connectivity index (χ1v) is 7.14. The highest BCUT2D eigenvalue weighted by Gasteiger charge is 2.12. The molecule has 22 heavy (non-hydrogen) atoms. The molecule has 0 aliphatic heterocycles. The smallest absolute Gasteiger partial charge is 0.253 e. The van der Waals surface area contributed by atoms with Gasteiger partial charge in [-0.1, -0.05) is 13.0 Å². The lowest BCUT2D eigenvalue weighted by molar-refractivity contribution is 0.0951. The van der Waals surface area contributed by atoms with Gasteiger partial charge in [-0.25, -0.2) is 0 Å². The average Bonchev–Trinajstić information content (AvgIpc) is 3.00. The predicted octanol–water partition coefficient (Wildman–Crippen LogP) is 1.56. The molecule has 112 valence electrons. The summed E-state index contributed by atoms with van der Waals surface area (Å²) in [6.07, 6.45) is 5.85. The number of hydrogen-bond acceptors (Lipinski definition) is 5. The Hall–Kier alpha value is -2.83. The van der Waals surface area contributed by atoms with E-state index >= 15 is 0 Å². The fourth-order valence-corrected chi connectivity index (χ4v) is 2.27. The maximum atomic E-state index is 12.4. The summed E-state index contributed by atoms with van der Waals surface area (Å²) in [6, 6.07) is 5.37. The maximum absolute atomic E-state index is 12.4. The van der Waals surface area contributed by atoms with Gasteiger partial charge < -0.3 is 9.88 Å². The van der Waals surface area contributed by atoms with Crippen LogP contribution in [0.3, 0.4) is 0 Å². The van der Waals surface area contributed by atoms with E-state index in [1.54, 1.807) is 30.9 Å². The van der Waals surface area contributed by atoms with Gasteiger partial charge in [-0.3, -0.25) is 14.8 Å². The lowest BCUT2D eigenvalue weighted by Gasteiger charge is -2.08. The molecule has 7 nitrogen and oxygen atoms in total. The molecule has 1 N–H and O–H groups in total. The highest BCUT2D eigenvalue weighted by atomic mass is 16.1. The van der Waals surface area contributed by atoms with Crippen molar-refractivity contribution in [1.29, 1.82) is 0 Å². The second-order valence-corrected chi connectivity index (χ2v) is 4.85. The number of fused-ring (bicyclic) bond motifs is 1. The number of aryl methyl sites for hydroxylation is 1. The number of hydrogen-bond donors (Lipinski definition) is 1. The fourth-order valence-electron chi connectivity index (χ4n) is 2.27. The van der Waals surface area contributed by atoms with Crippen LogP contribution in [-0.4, -0.2) is 30.6 Å². The maximum Gasteiger partial charge on any atom is 0.253 e. The second kappa shape index (κ2) is 6.30. The van der Waals surface area contributed by atoms with E-state index < -0.39 is 0 Å². The van der Waals surface area contributed by atoms with Crippen molar-refractivity contribution in [2.24, 2.45) is 0 Å². The molecule has 3 aromatic rings. The fraction of sp³-hybridized carbons (Fsp3) is 0.267. The Morgan fingerprint density at radius 2 is 2.14 bits per heavy atom. The number of rotatable bonds is 5. The monoisotopic (exact) mass is 296 g/mol. The van der Waals surface area contributed by atoms with Gasteiger partial charge in [0.15, 0.2) is 5.82 Å². The Morgan fingerprint density at radius 3 is 3.00 bits per heavy atom. The summed E-state index contributed by atoms with van der Waals surface area (Å²) in [5, 5.41) is 10.8. The summed E-state index contributed by atoms with van der Waals surface area (Å²) in [7, 11) is 0. The molecule has 0 saturated carbocycles. The van der Waals surface area contributed by atoms with Crippen LogP contribution in [0.5, 0.6) is 0 Å². The van der Waals surface area contributed by atoms with Crippen LogP contribution in [0.15, 0.2) is 36.9 Å². The normalized spacial score (nSPS) is 10.8. The summed E-state index contributed by atoms with van der Waals surface area (Å²) in [6.45, 7) is 3.24. The Kier molecular flexibility index (Phi) is 4.04. The zero-order chi connectivity index (χ0) is 15.4. The van der Waals surface area contributed by atoms with Crippen LogP contribution in [0.2, 0.25) is 0 Å². The molecule has 1 aromatic carbocycles. The highest BCUT2D eigenvalue weighted by Crippen LogP contribution is 2.13. The number of benzene rings is 1. The SMILES string of the molecule is CCCn1cnnc1CNC(=O)c1cccc2nccnc12. The van der Waals surface area contributed by atoms with Crippen LogP contribution in [0, 0.1) is 0 Å². The van der Waals surface area contributed by atoms with E-state index in [9.17, 15) is 4.79 Å². The number of nitrogens with zero attached hydrogens (tertiary/aromatic N) is 5. The number of para-hydroxylation sites is 1. The van der Waals surface area contributed by atoms with Crippen LogP contribution < -0.4 is 5.32 Å². The van der Waals surface area contributed by atoms with Crippen molar-refractivity contribution >= 4 is 16.9 Å². The molecule has 3 rings (SSSR count). The zero-order valence-electron chi connectivity index (χ0n) is 12.2. The number of nitrogens with one attached hydrogen (secondary N) is 1. The third kappa shape index (κ3) is 2.78. The van der Waals surface area contributed by atoms with E-state index in [1.165, 1.54) is 0 Å². The van der Waals surface area contributed by atoms with Gasteiger partial charge >= 0.3 is 0 Å². The van der Waals surface area contributed by atoms with Crippen LogP contribution in [0.1, 0.15) is 29.5 Å². The molecule has 0 unspecified atom stereocenters. The summed E-state index contributed by atoms with van der Waals surface area (Å²) in [5.74, 6) is 0.540. The number of amides is 1. The molecule has 0 saturated heterocycles. The van der Waals surface area contributed by atoms with E-state index in [0.717, 1.165) is 18.8 Å². The highest BCUT2D eigenvalue weighted by molar-refractivity contribution is 6.04. The van der Waals surface area contributed by atoms with Crippen molar-refractivity contribution in [3.05, 3.63) is 48.3 Å². The second-order valence-electron chi connectivity index (χ2n) is 4.85. The van der Waals surface area contributed by atoms with Gasteiger partial charge in [-0.15, -0.1) is 10.2 Å².